The van der Waals surface area contributed by atoms with Crippen LogP contribution >= 0.6 is 0 Å². The van der Waals surface area contributed by atoms with Crippen LogP contribution in [-0.4, -0.2) is 26.6 Å². The number of nitrogens with zero attached hydrogens (tertiary/aromatic N) is 3. The van der Waals surface area contributed by atoms with Crippen molar-refractivity contribution in [3.8, 4) is 5.69 Å². The van der Waals surface area contributed by atoms with Gasteiger partial charge in [-0.1, -0.05) is 31.5 Å². The summed E-state index contributed by atoms with van der Waals surface area (Å²) in [6, 6.07) is 11.3. The summed E-state index contributed by atoms with van der Waals surface area (Å²) in [5.74, 6) is 0.352. The zero-order valence-electron chi connectivity index (χ0n) is 15.4. The molecule has 0 aliphatic rings. The molecule has 0 bridgehead atoms. The van der Waals surface area contributed by atoms with Crippen LogP contribution in [0, 0.1) is 12.8 Å². The number of pyridine rings is 1. The molecule has 0 aliphatic heterocycles. The maximum absolute atomic E-state index is 13.0. The molecular formula is C20H24N4O2. The van der Waals surface area contributed by atoms with Gasteiger partial charge in [0, 0.05) is 12.7 Å². The number of benzene rings is 1. The lowest BCUT2D eigenvalue weighted by atomic mass is 10.1. The largest absolute Gasteiger partial charge is 0.355 e. The van der Waals surface area contributed by atoms with Gasteiger partial charge in [-0.25, -0.2) is 14.3 Å². The summed E-state index contributed by atoms with van der Waals surface area (Å²) in [6.07, 6.45) is 2.56. The highest BCUT2D eigenvalue weighted by molar-refractivity contribution is 5.80. The fourth-order valence-corrected chi connectivity index (χ4v) is 2.86. The Bertz CT molecular complexity index is 968. The Labute approximate surface area is 152 Å². The van der Waals surface area contributed by atoms with Gasteiger partial charge in [-0.15, -0.1) is 0 Å². The summed E-state index contributed by atoms with van der Waals surface area (Å²) in [4.78, 5) is 29.6. The van der Waals surface area contributed by atoms with Crippen LogP contribution in [-0.2, 0) is 11.3 Å². The van der Waals surface area contributed by atoms with E-state index in [1.54, 1.807) is 16.8 Å². The number of fused-ring (bicyclic) bond motifs is 1. The first-order valence-electron chi connectivity index (χ1n) is 8.87. The van der Waals surface area contributed by atoms with Crippen LogP contribution < -0.4 is 11.0 Å². The van der Waals surface area contributed by atoms with Crippen LogP contribution in [0.3, 0.4) is 0 Å². The summed E-state index contributed by atoms with van der Waals surface area (Å²) < 4.78 is 3.03. The molecule has 0 fully saturated rings. The van der Waals surface area contributed by atoms with E-state index in [0.29, 0.717) is 23.6 Å². The molecule has 6 heteroatoms. The minimum Gasteiger partial charge on any atom is -0.355 e. The molecule has 0 unspecified atom stereocenters. The first-order chi connectivity index (χ1) is 12.5. The fraction of sp³-hybridized carbons (Fsp3) is 0.350. The molecular weight excluding hydrogens is 328 g/mol. The van der Waals surface area contributed by atoms with Crippen molar-refractivity contribution in [2.45, 2.75) is 33.7 Å². The van der Waals surface area contributed by atoms with Crippen LogP contribution in [0.5, 0.6) is 0 Å². The van der Waals surface area contributed by atoms with Gasteiger partial charge in [0.2, 0.25) is 5.91 Å². The summed E-state index contributed by atoms with van der Waals surface area (Å²) in [5.41, 5.74) is 2.79. The maximum atomic E-state index is 13.0. The van der Waals surface area contributed by atoms with Crippen molar-refractivity contribution in [2.75, 3.05) is 6.54 Å². The second-order valence-electron chi connectivity index (χ2n) is 6.92. The first kappa shape index (κ1) is 17.9. The molecule has 1 amide bonds. The summed E-state index contributed by atoms with van der Waals surface area (Å²) in [7, 11) is 0. The normalized spacial score (nSPS) is 11.2. The lowest BCUT2D eigenvalue weighted by molar-refractivity contribution is -0.121. The van der Waals surface area contributed by atoms with Gasteiger partial charge >= 0.3 is 5.69 Å². The van der Waals surface area contributed by atoms with E-state index in [1.807, 2.05) is 37.3 Å². The lowest BCUT2D eigenvalue weighted by Gasteiger charge is -2.07. The number of imidazole rings is 1. The van der Waals surface area contributed by atoms with Gasteiger partial charge in [0.15, 0.2) is 5.65 Å². The molecule has 0 radical (unpaired) electrons. The molecule has 2 heterocycles. The molecule has 0 atom stereocenters. The number of rotatable bonds is 6. The fourth-order valence-electron chi connectivity index (χ4n) is 2.86. The monoisotopic (exact) mass is 352 g/mol. The average Bonchev–Trinajstić information content (AvgIpc) is 2.88. The van der Waals surface area contributed by atoms with Gasteiger partial charge in [-0.2, -0.15) is 0 Å². The van der Waals surface area contributed by atoms with Gasteiger partial charge in [0.1, 0.15) is 6.54 Å². The number of carbonyl (C=O) groups excluding carboxylic acids is 1. The highest BCUT2D eigenvalue weighted by Gasteiger charge is 2.17. The van der Waals surface area contributed by atoms with Crippen molar-refractivity contribution in [1.82, 2.24) is 19.4 Å². The van der Waals surface area contributed by atoms with Crippen molar-refractivity contribution in [3.05, 3.63) is 58.6 Å². The van der Waals surface area contributed by atoms with E-state index in [9.17, 15) is 9.59 Å². The van der Waals surface area contributed by atoms with Crippen LogP contribution in [0.25, 0.3) is 16.9 Å². The van der Waals surface area contributed by atoms with Crippen LogP contribution in [0.1, 0.15) is 25.8 Å². The standard InChI is InChI=1S/C20H24N4O2/c1-14(2)10-12-21-18(25)13-23-17-5-4-11-22-19(17)24(20(23)26)16-8-6-15(3)7-9-16/h4-9,11,14H,10,12-13H2,1-3H3,(H,21,25). The maximum Gasteiger partial charge on any atom is 0.335 e. The zero-order valence-corrected chi connectivity index (χ0v) is 15.4. The van der Waals surface area contributed by atoms with Gasteiger partial charge in [0.25, 0.3) is 0 Å². The lowest BCUT2D eigenvalue weighted by Crippen LogP contribution is -2.33. The number of nitrogens with one attached hydrogen (secondary N) is 1. The third kappa shape index (κ3) is 3.69. The Morgan fingerprint density at radius 2 is 1.92 bits per heavy atom. The van der Waals surface area contributed by atoms with Crippen molar-refractivity contribution >= 4 is 17.1 Å². The molecule has 2 aromatic heterocycles. The Morgan fingerprint density at radius 3 is 2.62 bits per heavy atom. The molecule has 0 aliphatic carbocycles. The Hall–Kier alpha value is -2.89. The second kappa shape index (κ2) is 7.56. The van der Waals surface area contributed by atoms with Gasteiger partial charge in [-0.3, -0.25) is 9.36 Å². The van der Waals surface area contributed by atoms with Crippen LogP contribution in [0.15, 0.2) is 47.4 Å². The van der Waals surface area contributed by atoms with E-state index in [1.165, 1.54) is 4.57 Å². The van der Waals surface area contributed by atoms with Crippen molar-refractivity contribution < 1.29 is 4.79 Å². The van der Waals surface area contributed by atoms with E-state index in [-0.39, 0.29) is 18.1 Å². The third-order valence-corrected chi connectivity index (χ3v) is 4.33. The van der Waals surface area contributed by atoms with Crippen molar-refractivity contribution in [3.63, 3.8) is 0 Å². The Balaban J connectivity index is 1.96. The van der Waals surface area contributed by atoms with E-state index in [4.69, 9.17) is 0 Å². The van der Waals surface area contributed by atoms with Gasteiger partial charge in [0.05, 0.1) is 11.2 Å². The predicted octanol–water partition coefficient (Wildman–Crippen LogP) is 2.66. The quantitative estimate of drug-likeness (QED) is 0.741. The number of amides is 1. The molecule has 0 saturated heterocycles. The van der Waals surface area contributed by atoms with E-state index >= 15 is 0 Å². The SMILES string of the molecule is Cc1ccc(-n2c(=O)n(CC(=O)NCCC(C)C)c3cccnc32)cc1. The molecule has 0 saturated carbocycles. The Kier molecular flexibility index (Phi) is 5.21. The summed E-state index contributed by atoms with van der Waals surface area (Å²) in [6.45, 7) is 6.81. The van der Waals surface area contributed by atoms with E-state index in [0.717, 1.165) is 17.7 Å². The molecule has 26 heavy (non-hydrogen) atoms. The third-order valence-electron chi connectivity index (χ3n) is 4.33. The first-order valence-corrected chi connectivity index (χ1v) is 8.87. The number of hydrogen-bond acceptors (Lipinski definition) is 3. The summed E-state index contributed by atoms with van der Waals surface area (Å²) in [5, 5.41) is 2.88. The number of aromatic nitrogens is 3. The van der Waals surface area contributed by atoms with Crippen molar-refractivity contribution in [2.24, 2.45) is 5.92 Å². The van der Waals surface area contributed by atoms with Crippen LogP contribution in [0.4, 0.5) is 0 Å². The van der Waals surface area contributed by atoms with Gasteiger partial charge in [-0.05, 0) is 43.5 Å². The van der Waals surface area contributed by atoms with E-state index in [2.05, 4.69) is 24.1 Å². The number of aryl methyl sites for hydroxylation is 1. The van der Waals surface area contributed by atoms with Crippen molar-refractivity contribution in [1.29, 1.82) is 0 Å². The minimum absolute atomic E-state index is 0.0159. The minimum atomic E-state index is -0.262. The molecule has 1 N–H and O–H groups in total. The Morgan fingerprint density at radius 1 is 1.19 bits per heavy atom. The second-order valence-corrected chi connectivity index (χ2v) is 6.92. The molecule has 136 valence electrons. The summed E-state index contributed by atoms with van der Waals surface area (Å²) >= 11 is 0. The van der Waals surface area contributed by atoms with Gasteiger partial charge < -0.3 is 5.32 Å². The molecule has 3 rings (SSSR count). The molecule has 3 aromatic rings. The number of carbonyl (C=O) groups is 1. The van der Waals surface area contributed by atoms with Crippen LogP contribution in [0.2, 0.25) is 0 Å². The molecule has 6 nitrogen and oxygen atoms in total. The highest BCUT2D eigenvalue weighted by atomic mass is 16.2. The zero-order chi connectivity index (χ0) is 18.7. The molecule has 1 aromatic carbocycles. The average molecular weight is 352 g/mol. The highest BCUT2D eigenvalue weighted by Crippen LogP contribution is 2.16. The van der Waals surface area contributed by atoms with E-state index < -0.39 is 0 Å². The predicted molar refractivity (Wildman–Crippen MR) is 103 cm³/mol. The molecule has 0 spiro atoms. The topological polar surface area (TPSA) is 68.9 Å². The smallest absolute Gasteiger partial charge is 0.335 e. The number of hydrogen-bond donors (Lipinski definition) is 1.